The molecule has 206 valence electrons. The summed E-state index contributed by atoms with van der Waals surface area (Å²) in [4.78, 5) is 42.9. The van der Waals surface area contributed by atoms with Crippen LogP contribution >= 0.6 is 11.6 Å². The van der Waals surface area contributed by atoms with Crippen LogP contribution in [0.25, 0.3) is 11.0 Å². The summed E-state index contributed by atoms with van der Waals surface area (Å²) in [5.74, 6) is 0.828. The van der Waals surface area contributed by atoms with Crippen molar-refractivity contribution in [3.8, 4) is 11.5 Å². The third-order valence-electron chi connectivity index (χ3n) is 6.60. The minimum atomic E-state index is -0.304. The summed E-state index contributed by atoms with van der Waals surface area (Å²) in [5, 5.41) is 0.753. The second-order valence-electron chi connectivity index (χ2n) is 9.54. The van der Waals surface area contributed by atoms with Crippen LogP contribution in [0.1, 0.15) is 50.2 Å². The van der Waals surface area contributed by atoms with Gasteiger partial charge in [0, 0.05) is 24.5 Å². The van der Waals surface area contributed by atoms with E-state index in [1.165, 1.54) is 11.2 Å². The van der Waals surface area contributed by atoms with Gasteiger partial charge in [0.05, 0.1) is 23.8 Å². The fourth-order valence-electron chi connectivity index (χ4n) is 4.48. The van der Waals surface area contributed by atoms with Crippen molar-refractivity contribution < 1.29 is 23.5 Å². The van der Waals surface area contributed by atoms with Crippen LogP contribution in [0.15, 0.2) is 64.5 Å². The molecule has 0 aliphatic carbocycles. The van der Waals surface area contributed by atoms with E-state index in [-0.39, 0.29) is 50.2 Å². The molecule has 0 N–H and O–H groups in total. The Hall–Kier alpha value is -3.78. The lowest BCUT2D eigenvalue weighted by atomic mass is 10.1. The topological polar surface area (TPSA) is 89.3 Å². The van der Waals surface area contributed by atoms with Crippen molar-refractivity contribution >= 4 is 34.4 Å². The number of amides is 2. The van der Waals surface area contributed by atoms with Gasteiger partial charge in [0.2, 0.25) is 18.6 Å². The average molecular weight is 553 g/mol. The molecule has 0 bridgehead atoms. The number of carbonyl (C=O) groups is 2. The average Bonchev–Trinajstić information content (AvgIpc) is 3.40. The molecule has 8 nitrogen and oxygen atoms in total. The number of ether oxygens (including phenoxy) is 2. The van der Waals surface area contributed by atoms with Crippen LogP contribution in [0.4, 0.5) is 0 Å². The number of rotatable bonds is 13. The van der Waals surface area contributed by atoms with Crippen LogP contribution in [-0.4, -0.2) is 41.5 Å². The van der Waals surface area contributed by atoms with Crippen molar-refractivity contribution in [3.05, 3.63) is 81.7 Å². The molecule has 2 aromatic carbocycles. The predicted molar refractivity (Wildman–Crippen MR) is 150 cm³/mol. The first-order chi connectivity index (χ1) is 18.9. The van der Waals surface area contributed by atoms with Gasteiger partial charge >= 0.3 is 0 Å². The van der Waals surface area contributed by atoms with Crippen LogP contribution in [0.2, 0.25) is 5.02 Å². The highest BCUT2D eigenvalue weighted by Gasteiger charge is 2.23. The highest BCUT2D eigenvalue weighted by Crippen LogP contribution is 2.33. The zero-order valence-corrected chi connectivity index (χ0v) is 22.9. The molecule has 9 heteroatoms. The highest BCUT2D eigenvalue weighted by molar-refractivity contribution is 6.31. The van der Waals surface area contributed by atoms with Crippen molar-refractivity contribution in [3.63, 3.8) is 0 Å². The summed E-state index contributed by atoms with van der Waals surface area (Å²) in [6.07, 6.45) is 7.24. The van der Waals surface area contributed by atoms with Crippen molar-refractivity contribution in [2.24, 2.45) is 0 Å². The fraction of sp³-hybridized carbons (Fsp3) is 0.367. The van der Waals surface area contributed by atoms with Gasteiger partial charge in [-0.3, -0.25) is 14.4 Å². The number of unbranched alkanes of at least 4 members (excludes halogenated alkanes) is 3. The second-order valence-corrected chi connectivity index (χ2v) is 9.98. The van der Waals surface area contributed by atoms with Crippen molar-refractivity contribution in [1.29, 1.82) is 0 Å². The quantitative estimate of drug-likeness (QED) is 0.200. The van der Waals surface area contributed by atoms with E-state index in [0.29, 0.717) is 39.5 Å². The summed E-state index contributed by atoms with van der Waals surface area (Å²) in [6.45, 7) is 6.31. The van der Waals surface area contributed by atoms with Gasteiger partial charge in [-0.05, 0) is 42.3 Å². The summed E-state index contributed by atoms with van der Waals surface area (Å²) in [5.41, 5.74) is 1.24. The maximum absolute atomic E-state index is 13.7. The van der Waals surface area contributed by atoms with Gasteiger partial charge in [0.25, 0.3) is 0 Å². The first-order valence-electron chi connectivity index (χ1n) is 13.1. The normalized spacial score (nSPS) is 11.9. The van der Waals surface area contributed by atoms with E-state index in [2.05, 4.69) is 13.5 Å². The van der Waals surface area contributed by atoms with Gasteiger partial charge in [0.15, 0.2) is 16.9 Å². The van der Waals surface area contributed by atoms with Crippen LogP contribution in [0, 0.1) is 0 Å². The van der Waals surface area contributed by atoms with Crippen LogP contribution < -0.4 is 14.9 Å². The number of fused-ring (bicyclic) bond motifs is 2. The minimum absolute atomic E-state index is 0.00924. The Morgan fingerprint density at radius 3 is 2.62 bits per heavy atom. The smallest absolute Gasteiger partial charge is 0.242 e. The molecule has 0 fully saturated rings. The van der Waals surface area contributed by atoms with E-state index in [1.807, 2.05) is 12.1 Å². The maximum atomic E-state index is 13.7. The highest BCUT2D eigenvalue weighted by atomic mass is 35.5. The lowest BCUT2D eigenvalue weighted by Gasteiger charge is -2.27. The van der Waals surface area contributed by atoms with Gasteiger partial charge in [-0.1, -0.05) is 49.9 Å². The lowest BCUT2D eigenvalue weighted by molar-refractivity contribution is -0.140. The first kappa shape index (κ1) is 28.2. The van der Waals surface area contributed by atoms with Crippen LogP contribution in [0.3, 0.4) is 0 Å². The van der Waals surface area contributed by atoms with E-state index >= 15 is 0 Å². The number of hydrogen-bond acceptors (Lipinski definition) is 6. The Morgan fingerprint density at radius 2 is 1.82 bits per heavy atom. The maximum Gasteiger partial charge on any atom is 0.242 e. The molecule has 0 unspecified atom stereocenters. The summed E-state index contributed by atoms with van der Waals surface area (Å²) in [6, 6.07) is 10.3. The van der Waals surface area contributed by atoms with E-state index in [9.17, 15) is 14.4 Å². The van der Waals surface area contributed by atoms with Crippen LogP contribution in [0.5, 0.6) is 11.5 Å². The Bertz CT molecular complexity index is 1400. The molecule has 1 aliphatic heterocycles. The van der Waals surface area contributed by atoms with Crippen molar-refractivity contribution in [2.45, 2.75) is 52.1 Å². The number of hydrogen-bond donors (Lipinski definition) is 0. The van der Waals surface area contributed by atoms with Gasteiger partial charge in [-0.2, -0.15) is 0 Å². The summed E-state index contributed by atoms with van der Waals surface area (Å²) in [7, 11) is 0. The summed E-state index contributed by atoms with van der Waals surface area (Å²) >= 11 is 6.11. The SMILES string of the molecule is C=CCN(CC(=O)N(Cc1ccc2c(c1)OCO2)Cc1coc2ccc(Cl)cc2c1=O)C(=O)CCCCCC. The molecule has 0 saturated heterocycles. The van der Waals surface area contributed by atoms with Crippen LogP contribution in [-0.2, 0) is 22.7 Å². The zero-order valence-electron chi connectivity index (χ0n) is 22.1. The molecule has 0 spiro atoms. The second kappa shape index (κ2) is 13.3. The van der Waals surface area contributed by atoms with E-state index in [4.69, 9.17) is 25.5 Å². The summed E-state index contributed by atoms with van der Waals surface area (Å²) < 4.78 is 16.6. The molecule has 1 aromatic heterocycles. The number of carbonyl (C=O) groups excluding carboxylic acids is 2. The molecule has 4 rings (SSSR count). The molecular formula is C30H33ClN2O6. The van der Waals surface area contributed by atoms with Gasteiger partial charge in [-0.25, -0.2) is 0 Å². The number of halogens is 1. The van der Waals surface area contributed by atoms with E-state index < -0.39 is 0 Å². The largest absolute Gasteiger partial charge is 0.464 e. The third-order valence-corrected chi connectivity index (χ3v) is 6.84. The Labute approximate surface area is 232 Å². The molecule has 39 heavy (non-hydrogen) atoms. The number of benzene rings is 2. The van der Waals surface area contributed by atoms with E-state index in [0.717, 1.165) is 31.2 Å². The van der Waals surface area contributed by atoms with Crippen molar-refractivity contribution in [1.82, 2.24) is 9.80 Å². The molecule has 2 heterocycles. The van der Waals surface area contributed by atoms with E-state index in [1.54, 1.807) is 35.2 Å². The number of nitrogens with zero attached hydrogens (tertiary/aromatic N) is 2. The third kappa shape index (κ3) is 7.20. The molecule has 0 atom stereocenters. The predicted octanol–water partition coefficient (Wildman–Crippen LogP) is 5.69. The molecule has 1 aliphatic rings. The molecule has 0 radical (unpaired) electrons. The fourth-order valence-corrected chi connectivity index (χ4v) is 4.66. The van der Waals surface area contributed by atoms with Gasteiger partial charge in [-0.15, -0.1) is 6.58 Å². The van der Waals surface area contributed by atoms with Crippen molar-refractivity contribution in [2.75, 3.05) is 19.9 Å². The van der Waals surface area contributed by atoms with Gasteiger partial charge < -0.3 is 23.7 Å². The van der Waals surface area contributed by atoms with Gasteiger partial charge in [0.1, 0.15) is 12.1 Å². The molecule has 0 saturated carbocycles. The molecular weight excluding hydrogens is 520 g/mol. The lowest BCUT2D eigenvalue weighted by Crippen LogP contribution is -2.43. The monoisotopic (exact) mass is 552 g/mol. The Balaban J connectivity index is 1.58. The Kier molecular flexibility index (Phi) is 9.65. The molecule has 3 aromatic rings. The standard InChI is InChI=1S/C30H33ClN2O6/c1-3-5-6-7-8-28(34)32(13-4-2)18-29(35)33(16-21-9-11-26-27(14-21)39-20-38-26)17-22-19-37-25-12-10-23(31)15-24(25)30(22)36/h4,9-12,14-15,19H,2-3,5-8,13,16-18,20H2,1H3. The molecule has 2 amide bonds. The zero-order chi connectivity index (χ0) is 27.8. The Morgan fingerprint density at radius 1 is 1.00 bits per heavy atom. The first-order valence-corrected chi connectivity index (χ1v) is 13.5. The minimum Gasteiger partial charge on any atom is -0.464 e.